The molecule has 0 spiro atoms. The SMILES string of the molecule is CCOC(CCN(CC1OCCCO1)C(=O)CBr)OCC. The summed E-state index contributed by atoms with van der Waals surface area (Å²) in [5.41, 5.74) is 0. The monoisotopic (exact) mass is 367 g/mol. The Morgan fingerprint density at radius 3 is 2.43 bits per heavy atom. The Hall–Kier alpha value is -0.210. The van der Waals surface area contributed by atoms with Gasteiger partial charge in [0.25, 0.3) is 0 Å². The van der Waals surface area contributed by atoms with Crippen LogP contribution >= 0.6 is 15.9 Å². The predicted molar refractivity (Wildman–Crippen MR) is 82.3 cm³/mol. The number of rotatable bonds is 10. The molecule has 0 aliphatic carbocycles. The molecule has 1 aliphatic rings. The molecule has 1 aliphatic heterocycles. The van der Waals surface area contributed by atoms with Gasteiger partial charge in [-0.3, -0.25) is 4.79 Å². The Morgan fingerprint density at radius 2 is 1.90 bits per heavy atom. The standard InChI is InChI=1S/C14H26BrNO5/c1-3-18-13(19-4-2)6-7-16(12(17)10-15)11-14-20-8-5-9-21-14/h13-14H,3-11H2,1-2H3. The second kappa shape index (κ2) is 11.4. The quantitative estimate of drug-likeness (QED) is 0.435. The van der Waals surface area contributed by atoms with Gasteiger partial charge in [-0.2, -0.15) is 0 Å². The highest BCUT2D eigenvalue weighted by Gasteiger charge is 2.22. The van der Waals surface area contributed by atoms with Crippen LogP contribution in [0, 0.1) is 0 Å². The number of hydrogen-bond acceptors (Lipinski definition) is 5. The van der Waals surface area contributed by atoms with Crippen molar-refractivity contribution in [3.05, 3.63) is 0 Å². The summed E-state index contributed by atoms with van der Waals surface area (Å²) in [5, 5.41) is 0.285. The van der Waals surface area contributed by atoms with Gasteiger partial charge >= 0.3 is 0 Å². The number of carbonyl (C=O) groups is 1. The molecule has 124 valence electrons. The summed E-state index contributed by atoms with van der Waals surface area (Å²) in [6, 6.07) is 0. The van der Waals surface area contributed by atoms with Gasteiger partial charge in [0.2, 0.25) is 5.91 Å². The molecule has 21 heavy (non-hydrogen) atoms. The van der Waals surface area contributed by atoms with Crippen molar-refractivity contribution in [3.8, 4) is 0 Å². The van der Waals surface area contributed by atoms with Crippen molar-refractivity contribution in [2.24, 2.45) is 0 Å². The molecular weight excluding hydrogens is 342 g/mol. The third-order valence-electron chi connectivity index (χ3n) is 3.07. The van der Waals surface area contributed by atoms with E-state index >= 15 is 0 Å². The van der Waals surface area contributed by atoms with Crippen molar-refractivity contribution >= 4 is 21.8 Å². The minimum Gasteiger partial charge on any atom is -0.353 e. The fourth-order valence-corrected chi connectivity index (χ4v) is 2.43. The lowest BCUT2D eigenvalue weighted by Gasteiger charge is -2.30. The lowest BCUT2D eigenvalue weighted by atomic mass is 10.3. The van der Waals surface area contributed by atoms with E-state index in [0.29, 0.717) is 45.9 Å². The number of nitrogens with zero attached hydrogens (tertiary/aromatic N) is 1. The molecule has 1 heterocycles. The summed E-state index contributed by atoms with van der Waals surface area (Å²) in [6.07, 6.45) is 0.922. The maximum Gasteiger partial charge on any atom is 0.233 e. The minimum absolute atomic E-state index is 0.0134. The van der Waals surface area contributed by atoms with Crippen LogP contribution in [0.25, 0.3) is 0 Å². The fraction of sp³-hybridized carbons (Fsp3) is 0.929. The third-order valence-corrected chi connectivity index (χ3v) is 3.55. The van der Waals surface area contributed by atoms with E-state index in [4.69, 9.17) is 18.9 Å². The molecule has 7 heteroatoms. The number of alkyl halides is 1. The van der Waals surface area contributed by atoms with Crippen LogP contribution in [0.2, 0.25) is 0 Å². The molecule has 1 rings (SSSR count). The van der Waals surface area contributed by atoms with Gasteiger partial charge in [0.15, 0.2) is 12.6 Å². The van der Waals surface area contributed by atoms with Crippen LogP contribution in [0.1, 0.15) is 26.7 Å². The van der Waals surface area contributed by atoms with Gasteiger partial charge in [-0.1, -0.05) is 15.9 Å². The Labute approximate surface area is 135 Å². The highest BCUT2D eigenvalue weighted by Crippen LogP contribution is 2.10. The van der Waals surface area contributed by atoms with Gasteiger partial charge in [-0.15, -0.1) is 0 Å². The first kappa shape index (κ1) is 18.8. The van der Waals surface area contributed by atoms with E-state index in [1.807, 2.05) is 13.8 Å². The van der Waals surface area contributed by atoms with Gasteiger partial charge in [-0.05, 0) is 20.3 Å². The Morgan fingerprint density at radius 1 is 1.29 bits per heavy atom. The van der Waals surface area contributed by atoms with Crippen LogP contribution in [0.5, 0.6) is 0 Å². The van der Waals surface area contributed by atoms with Gasteiger partial charge in [0.05, 0.1) is 25.1 Å². The van der Waals surface area contributed by atoms with Crippen LogP contribution in [-0.2, 0) is 23.7 Å². The molecule has 6 nitrogen and oxygen atoms in total. The number of carbonyl (C=O) groups excluding carboxylic acids is 1. The van der Waals surface area contributed by atoms with Crippen LogP contribution in [0.4, 0.5) is 0 Å². The van der Waals surface area contributed by atoms with Crippen molar-refractivity contribution in [2.75, 3.05) is 44.8 Å². The molecule has 1 fully saturated rings. The van der Waals surface area contributed by atoms with Gasteiger partial charge in [-0.25, -0.2) is 0 Å². The molecule has 0 aromatic heterocycles. The van der Waals surface area contributed by atoms with Gasteiger partial charge in [0, 0.05) is 26.2 Å². The zero-order valence-corrected chi connectivity index (χ0v) is 14.5. The van der Waals surface area contributed by atoms with Crippen LogP contribution < -0.4 is 0 Å². The Bertz CT molecular complexity index is 281. The molecule has 0 atom stereocenters. The molecule has 1 amide bonds. The minimum atomic E-state index is -0.334. The molecule has 0 bridgehead atoms. The maximum atomic E-state index is 12.0. The molecule has 0 saturated carbocycles. The topological polar surface area (TPSA) is 57.2 Å². The third kappa shape index (κ3) is 7.56. The zero-order valence-electron chi connectivity index (χ0n) is 12.9. The first-order valence-electron chi connectivity index (χ1n) is 7.51. The van der Waals surface area contributed by atoms with Crippen LogP contribution in [0.15, 0.2) is 0 Å². The maximum absolute atomic E-state index is 12.0. The lowest BCUT2D eigenvalue weighted by molar-refractivity contribution is -0.190. The average Bonchev–Trinajstić information content (AvgIpc) is 2.51. The van der Waals surface area contributed by atoms with E-state index in [-0.39, 0.29) is 23.8 Å². The second-order valence-electron chi connectivity index (χ2n) is 4.63. The van der Waals surface area contributed by atoms with Crippen molar-refractivity contribution in [3.63, 3.8) is 0 Å². The van der Waals surface area contributed by atoms with E-state index in [0.717, 1.165) is 6.42 Å². The van der Waals surface area contributed by atoms with Crippen LogP contribution in [-0.4, -0.2) is 68.2 Å². The van der Waals surface area contributed by atoms with Crippen molar-refractivity contribution < 1.29 is 23.7 Å². The van der Waals surface area contributed by atoms with Gasteiger partial charge < -0.3 is 23.8 Å². The summed E-state index contributed by atoms with van der Waals surface area (Å²) in [4.78, 5) is 13.7. The zero-order chi connectivity index (χ0) is 15.5. The largest absolute Gasteiger partial charge is 0.353 e. The average molecular weight is 368 g/mol. The number of ether oxygens (including phenoxy) is 4. The fourth-order valence-electron chi connectivity index (χ4n) is 2.07. The Balaban J connectivity index is 2.46. The predicted octanol–water partition coefficient (Wildman–Crippen LogP) is 1.76. The van der Waals surface area contributed by atoms with E-state index in [1.165, 1.54) is 0 Å². The molecule has 0 radical (unpaired) electrons. The summed E-state index contributed by atoms with van der Waals surface area (Å²) in [5.74, 6) is 0.0134. The highest BCUT2D eigenvalue weighted by molar-refractivity contribution is 9.09. The molecule has 0 N–H and O–H groups in total. The number of halogens is 1. The number of hydrogen-bond donors (Lipinski definition) is 0. The second-order valence-corrected chi connectivity index (χ2v) is 5.19. The molecule has 1 saturated heterocycles. The smallest absolute Gasteiger partial charge is 0.233 e. The Kier molecular flexibility index (Phi) is 10.2. The molecule has 0 aromatic rings. The van der Waals surface area contributed by atoms with E-state index in [9.17, 15) is 4.79 Å². The highest BCUT2D eigenvalue weighted by atomic mass is 79.9. The summed E-state index contributed by atoms with van der Waals surface area (Å²) in [6.45, 7) is 7.39. The van der Waals surface area contributed by atoms with Crippen LogP contribution in [0.3, 0.4) is 0 Å². The first-order valence-corrected chi connectivity index (χ1v) is 8.63. The van der Waals surface area contributed by atoms with Crippen molar-refractivity contribution in [1.82, 2.24) is 4.90 Å². The summed E-state index contributed by atoms with van der Waals surface area (Å²) >= 11 is 3.21. The molecular formula is C14H26BrNO5. The van der Waals surface area contributed by atoms with Crippen molar-refractivity contribution in [1.29, 1.82) is 0 Å². The van der Waals surface area contributed by atoms with E-state index in [2.05, 4.69) is 15.9 Å². The first-order chi connectivity index (χ1) is 10.2. The van der Waals surface area contributed by atoms with E-state index in [1.54, 1.807) is 4.90 Å². The van der Waals surface area contributed by atoms with E-state index < -0.39 is 0 Å². The lowest BCUT2D eigenvalue weighted by Crippen LogP contribution is -2.43. The normalized spacial score (nSPS) is 16.4. The number of amides is 1. The molecule has 0 aromatic carbocycles. The summed E-state index contributed by atoms with van der Waals surface area (Å²) in [7, 11) is 0. The van der Waals surface area contributed by atoms with Crippen molar-refractivity contribution in [2.45, 2.75) is 39.3 Å². The summed E-state index contributed by atoms with van der Waals surface area (Å²) < 4.78 is 22.0. The van der Waals surface area contributed by atoms with Gasteiger partial charge in [0.1, 0.15) is 0 Å². The molecule has 0 unspecified atom stereocenters.